The summed E-state index contributed by atoms with van der Waals surface area (Å²) in [6.45, 7) is 11.5. The summed E-state index contributed by atoms with van der Waals surface area (Å²) in [7, 11) is 0. The third-order valence-electron chi connectivity index (χ3n) is 1.79. The first-order valence-electron chi connectivity index (χ1n) is 4.47. The lowest BCUT2D eigenvalue weighted by Crippen LogP contribution is -2.17. The molecule has 0 N–H and O–H groups in total. The molecule has 0 fully saturated rings. The molecular weight excluding hydrogens is 200 g/mol. The molecule has 0 radical (unpaired) electrons. The zero-order valence-electron chi connectivity index (χ0n) is 8.45. The van der Waals surface area contributed by atoms with Gasteiger partial charge in [-0.1, -0.05) is 50.5 Å². The Morgan fingerprint density at radius 2 is 1.55 bits per heavy atom. The average molecular weight is 221 g/mol. The van der Waals surface area contributed by atoms with Crippen LogP contribution in [0, 0.1) is 11.3 Å². The van der Waals surface area contributed by atoms with Crippen LogP contribution in [0.4, 0.5) is 0 Å². The number of hydrogen-bond acceptors (Lipinski definition) is 0. The minimum atomic E-state index is 0.497. The third kappa shape index (κ3) is 6.86. The Morgan fingerprint density at radius 3 is 1.82 bits per heavy atom. The van der Waals surface area contributed by atoms with E-state index in [1.165, 1.54) is 12.8 Å². The van der Waals surface area contributed by atoms with Gasteiger partial charge in [-0.2, -0.15) is 0 Å². The molecule has 0 saturated heterocycles. The molecule has 68 valence electrons. The summed E-state index contributed by atoms with van der Waals surface area (Å²) in [5, 5.41) is 0. The molecule has 0 amide bonds. The van der Waals surface area contributed by atoms with Crippen molar-refractivity contribution in [3.05, 3.63) is 0 Å². The number of hydrogen-bond donors (Lipinski definition) is 0. The van der Waals surface area contributed by atoms with Gasteiger partial charge in [-0.05, 0) is 24.2 Å². The first-order valence-corrected chi connectivity index (χ1v) is 5.39. The highest BCUT2D eigenvalue weighted by Gasteiger charge is 2.20. The number of rotatable bonds is 4. The zero-order valence-corrected chi connectivity index (χ0v) is 10.0. The summed E-state index contributed by atoms with van der Waals surface area (Å²) < 4.78 is 0. The summed E-state index contributed by atoms with van der Waals surface area (Å²) >= 11 is 3.60. The summed E-state index contributed by atoms with van der Waals surface area (Å²) in [6, 6.07) is 0. The second-order valence-electron chi connectivity index (χ2n) is 4.75. The van der Waals surface area contributed by atoms with Gasteiger partial charge in [0.05, 0.1) is 0 Å². The summed E-state index contributed by atoms with van der Waals surface area (Å²) in [5.74, 6) is 0.816. The van der Waals surface area contributed by atoms with Crippen LogP contribution in [0.2, 0.25) is 0 Å². The van der Waals surface area contributed by atoms with Gasteiger partial charge in [0.15, 0.2) is 0 Å². The van der Waals surface area contributed by atoms with Crippen LogP contribution in [-0.2, 0) is 0 Å². The fourth-order valence-electron chi connectivity index (χ4n) is 1.95. The molecule has 0 saturated carbocycles. The van der Waals surface area contributed by atoms with Crippen molar-refractivity contribution in [2.75, 3.05) is 0 Å². The minimum Gasteiger partial charge on any atom is -0.0893 e. The molecule has 0 rings (SSSR count). The van der Waals surface area contributed by atoms with E-state index in [0.717, 1.165) is 5.92 Å². The van der Waals surface area contributed by atoms with Crippen LogP contribution >= 0.6 is 15.9 Å². The van der Waals surface area contributed by atoms with Crippen LogP contribution in [0.5, 0.6) is 0 Å². The molecular formula is C10H21Br. The van der Waals surface area contributed by atoms with Crippen molar-refractivity contribution in [3.63, 3.8) is 0 Å². The Kier molecular flexibility index (Phi) is 4.69. The van der Waals surface area contributed by atoms with Crippen LogP contribution in [0.15, 0.2) is 0 Å². The standard InChI is InChI=1S/C10H21Br/c1-8(2)6-10(4,5)7-9(3)11/h8-9H,6-7H2,1-5H3. The van der Waals surface area contributed by atoms with Crippen molar-refractivity contribution >= 4 is 15.9 Å². The van der Waals surface area contributed by atoms with Crippen LogP contribution in [0.1, 0.15) is 47.5 Å². The minimum absolute atomic E-state index is 0.497. The first kappa shape index (κ1) is 11.5. The van der Waals surface area contributed by atoms with Crippen LogP contribution in [0.25, 0.3) is 0 Å². The second kappa shape index (κ2) is 4.49. The monoisotopic (exact) mass is 220 g/mol. The van der Waals surface area contributed by atoms with E-state index in [9.17, 15) is 0 Å². The van der Waals surface area contributed by atoms with E-state index in [1.54, 1.807) is 0 Å². The Bertz CT molecular complexity index is 91.4. The van der Waals surface area contributed by atoms with E-state index in [2.05, 4.69) is 50.5 Å². The Labute approximate surface area is 79.9 Å². The van der Waals surface area contributed by atoms with Gasteiger partial charge in [0.2, 0.25) is 0 Å². The van der Waals surface area contributed by atoms with Crippen LogP contribution in [0.3, 0.4) is 0 Å². The highest BCUT2D eigenvalue weighted by molar-refractivity contribution is 9.09. The highest BCUT2D eigenvalue weighted by Crippen LogP contribution is 2.32. The molecule has 1 unspecified atom stereocenters. The maximum absolute atomic E-state index is 3.60. The fraction of sp³-hybridized carbons (Fsp3) is 1.00. The van der Waals surface area contributed by atoms with Gasteiger partial charge >= 0.3 is 0 Å². The van der Waals surface area contributed by atoms with Crippen molar-refractivity contribution in [3.8, 4) is 0 Å². The molecule has 0 aliphatic rings. The van der Waals surface area contributed by atoms with E-state index in [-0.39, 0.29) is 0 Å². The van der Waals surface area contributed by atoms with Crippen molar-refractivity contribution in [1.82, 2.24) is 0 Å². The van der Waals surface area contributed by atoms with E-state index in [4.69, 9.17) is 0 Å². The van der Waals surface area contributed by atoms with Gasteiger partial charge in [-0.25, -0.2) is 0 Å². The quantitative estimate of drug-likeness (QED) is 0.623. The third-order valence-corrected chi connectivity index (χ3v) is 2.12. The molecule has 11 heavy (non-hydrogen) atoms. The van der Waals surface area contributed by atoms with Gasteiger partial charge in [0, 0.05) is 4.83 Å². The van der Waals surface area contributed by atoms with E-state index >= 15 is 0 Å². The van der Waals surface area contributed by atoms with Gasteiger partial charge in [0.25, 0.3) is 0 Å². The lowest BCUT2D eigenvalue weighted by molar-refractivity contribution is 0.267. The fourth-order valence-corrected chi connectivity index (χ4v) is 2.83. The van der Waals surface area contributed by atoms with E-state index in [0.29, 0.717) is 10.2 Å². The zero-order chi connectivity index (χ0) is 9.07. The second-order valence-corrected chi connectivity index (χ2v) is 6.31. The molecule has 0 heterocycles. The molecule has 0 aromatic rings. The molecule has 0 aromatic heterocycles. The predicted molar refractivity (Wildman–Crippen MR) is 56.2 cm³/mol. The largest absolute Gasteiger partial charge is 0.0893 e. The van der Waals surface area contributed by atoms with Gasteiger partial charge in [0.1, 0.15) is 0 Å². The van der Waals surface area contributed by atoms with Crippen molar-refractivity contribution < 1.29 is 0 Å². The van der Waals surface area contributed by atoms with Crippen molar-refractivity contribution in [2.45, 2.75) is 52.3 Å². The Morgan fingerprint density at radius 1 is 1.09 bits per heavy atom. The molecule has 1 atom stereocenters. The molecule has 0 spiro atoms. The molecule has 0 nitrogen and oxygen atoms in total. The van der Waals surface area contributed by atoms with E-state index < -0.39 is 0 Å². The molecule has 0 aromatic carbocycles. The van der Waals surface area contributed by atoms with Crippen molar-refractivity contribution in [1.29, 1.82) is 0 Å². The SMILES string of the molecule is CC(C)CC(C)(C)CC(C)Br. The first-order chi connectivity index (χ1) is 4.83. The predicted octanol–water partition coefficient (Wildman–Crippen LogP) is 4.23. The molecule has 0 aliphatic heterocycles. The molecule has 1 heteroatoms. The smallest absolute Gasteiger partial charge is 0.0122 e. The maximum Gasteiger partial charge on any atom is 0.0122 e. The lowest BCUT2D eigenvalue weighted by Gasteiger charge is -2.27. The summed E-state index contributed by atoms with van der Waals surface area (Å²) in [5.41, 5.74) is 0.497. The van der Waals surface area contributed by atoms with Gasteiger partial charge in [-0.3, -0.25) is 0 Å². The topological polar surface area (TPSA) is 0 Å². The highest BCUT2D eigenvalue weighted by atomic mass is 79.9. The summed E-state index contributed by atoms with van der Waals surface area (Å²) in [4.78, 5) is 0.649. The molecule has 0 aliphatic carbocycles. The maximum atomic E-state index is 3.60. The van der Waals surface area contributed by atoms with Crippen LogP contribution < -0.4 is 0 Å². The Balaban J connectivity index is 3.79. The summed E-state index contributed by atoms with van der Waals surface area (Å²) in [6.07, 6.45) is 2.59. The van der Waals surface area contributed by atoms with Gasteiger partial charge < -0.3 is 0 Å². The van der Waals surface area contributed by atoms with Crippen molar-refractivity contribution in [2.24, 2.45) is 11.3 Å². The average Bonchev–Trinajstić information content (AvgIpc) is 1.53. The van der Waals surface area contributed by atoms with E-state index in [1.807, 2.05) is 0 Å². The Hall–Kier alpha value is 0.480. The number of halogens is 1. The normalized spacial score (nSPS) is 15.5. The molecule has 0 bridgehead atoms. The van der Waals surface area contributed by atoms with Gasteiger partial charge in [-0.15, -0.1) is 0 Å². The van der Waals surface area contributed by atoms with Crippen LogP contribution in [-0.4, -0.2) is 4.83 Å². The lowest BCUT2D eigenvalue weighted by atomic mass is 9.80. The number of alkyl halides is 1.